The van der Waals surface area contributed by atoms with Gasteiger partial charge in [0.05, 0.1) is 0 Å². The van der Waals surface area contributed by atoms with Gasteiger partial charge >= 0.3 is 0 Å². The SMILES string of the molecule is CC(N)c1ccccc1-c1cc(F)cc(Cl)c1. The predicted molar refractivity (Wildman–Crippen MR) is 69.4 cm³/mol. The second-order valence-corrected chi connectivity index (χ2v) is 4.47. The van der Waals surface area contributed by atoms with E-state index in [0.717, 1.165) is 16.7 Å². The summed E-state index contributed by atoms with van der Waals surface area (Å²) in [5.41, 5.74) is 8.55. The van der Waals surface area contributed by atoms with E-state index in [9.17, 15) is 4.39 Å². The molecule has 0 aliphatic carbocycles. The Morgan fingerprint density at radius 3 is 2.53 bits per heavy atom. The summed E-state index contributed by atoms with van der Waals surface area (Å²) in [6, 6.07) is 12.1. The van der Waals surface area contributed by atoms with Gasteiger partial charge in [0, 0.05) is 11.1 Å². The van der Waals surface area contributed by atoms with Gasteiger partial charge in [-0.2, -0.15) is 0 Å². The molecule has 0 aliphatic rings. The summed E-state index contributed by atoms with van der Waals surface area (Å²) >= 11 is 5.86. The van der Waals surface area contributed by atoms with Gasteiger partial charge in [-0.3, -0.25) is 0 Å². The lowest BCUT2D eigenvalue weighted by Gasteiger charge is -2.13. The molecule has 1 atom stereocenters. The van der Waals surface area contributed by atoms with Crippen LogP contribution in [-0.4, -0.2) is 0 Å². The van der Waals surface area contributed by atoms with Gasteiger partial charge in [-0.15, -0.1) is 0 Å². The van der Waals surface area contributed by atoms with Crippen LogP contribution in [0, 0.1) is 5.82 Å². The molecule has 17 heavy (non-hydrogen) atoms. The molecule has 0 radical (unpaired) electrons. The van der Waals surface area contributed by atoms with Crippen LogP contribution in [0.3, 0.4) is 0 Å². The molecule has 0 aliphatic heterocycles. The highest BCUT2D eigenvalue weighted by Gasteiger charge is 2.09. The first-order valence-electron chi connectivity index (χ1n) is 5.39. The van der Waals surface area contributed by atoms with Crippen LogP contribution in [-0.2, 0) is 0 Å². The highest BCUT2D eigenvalue weighted by atomic mass is 35.5. The van der Waals surface area contributed by atoms with E-state index in [4.69, 9.17) is 17.3 Å². The molecule has 2 rings (SSSR count). The zero-order chi connectivity index (χ0) is 12.4. The third-order valence-electron chi connectivity index (χ3n) is 2.62. The van der Waals surface area contributed by atoms with Crippen LogP contribution in [0.1, 0.15) is 18.5 Å². The van der Waals surface area contributed by atoms with Crippen LogP contribution in [0.4, 0.5) is 4.39 Å². The molecule has 0 heterocycles. The van der Waals surface area contributed by atoms with Crippen molar-refractivity contribution in [2.24, 2.45) is 5.73 Å². The first-order valence-corrected chi connectivity index (χ1v) is 5.76. The van der Waals surface area contributed by atoms with Gasteiger partial charge in [0.15, 0.2) is 0 Å². The molecule has 0 bridgehead atoms. The fourth-order valence-electron chi connectivity index (χ4n) is 1.87. The van der Waals surface area contributed by atoms with E-state index >= 15 is 0 Å². The Morgan fingerprint density at radius 1 is 1.18 bits per heavy atom. The van der Waals surface area contributed by atoms with Crippen LogP contribution in [0.25, 0.3) is 11.1 Å². The summed E-state index contributed by atoms with van der Waals surface area (Å²) in [5, 5.41) is 0.388. The third-order valence-corrected chi connectivity index (χ3v) is 2.84. The summed E-state index contributed by atoms with van der Waals surface area (Å²) < 4.78 is 13.3. The molecule has 3 heteroatoms. The molecule has 0 amide bonds. The molecule has 1 nitrogen and oxygen atoms in total. The average Bonchev–Trinajstić information content (AvgIpc) is 2.27. The topological polar surface area (TPSA) is 26.0 Å². The standard InChI is InChI=1S/C14H13ClFN/c1-9(17)13-4-2-3-5-14(13)10-6-11(15)8-12(16)7-10/h2-9H,17H2,1H3. The normalized spacial score (nSPS) is 12.5. The van der Waals surface area contributed by atoms with Crippen molar-refractivity contribution < 1.29 is 4.39 Å². The Morgan fingerprint density at radius 2 is 1.88 bits per heavy atom. The fourth-order valence-corrected chi connectivity index (χ4v) is 2.09. The lowest BCUT2D eigenvalue weighted by atomic mass is 9.96. The number of rotatable bonds is 2. The Bertz CT molecular complexity index is 517. The number of nitrogens with two attached hydrogens (primary N) is 1. The Labute approximate surface area is 105 Å². The van der Waals surface area contributed by atoms with E-state index in [1.807, 2.05) is 31.2 Å². The van der Waals surface area contributed by atoms with Gasteiger partial charge in [0.25, 0.3) is 0 Å². The first kappa shape index (κ1) is 12.1. The zero-order valence-electron chi connectivity index (χ0n) is 9.45. The molecule has 0 fully saturated rings. The van der Waals surface area contributed by atoms with Crippen molar-refractivity contribution >= 4 is 11.6 Å². The number of halogens is 2. The largest absolute Gasteiger partial charge is 0.324 e. The van der Waals surface area contributed by atoms with E-state index in [1.54, 1.807) is 6.07 Å². The molecule has 88 valence electrons. The molecule has 0 saturated carbocycles. The third kappa shape index (κ3) is 2.65. The van der Waals surface area contributed by atoms with Gasteiger partial charge in [-0.1, -0.05) is 35.9 Å². The van der Waals surface area contributed by atoms with E-state index < -0.39 is 0 Å². The Balaban J connectivity index is 2.60. The zero-order valence-corrected chi connectivity index (χ0v) is 10.2. The van der Waals surface area contributed by atoms with Gasteiger partial charge < -0.3 is 5.73 Å². The van der Waals surface area contributed by atoms with Crippen molar-refractivity contribution in [3.8, 4) is 11.1 Å². The summed E-state index contributed by atoms with van der Waals surface area (Å²) in [6.45, 7) is 1.90. The van der Waals surface area contributed by atoms with Crippen molar-refractivity contribution in [1.82, 2.24) is 0 Å². The maximum Gasteiger partial charge on any atom is 0.125 e. The highest BCUT2D eigenvalue weighted by Crippen LogP contribution is 2.29. The minimum Gasteiger partial charge on any atom is -0.324 e. The predicted octanol–water partition coefficient (Wildman–Crippen LogP) is 4.17. The maximum absolute atomic E-state index is 13.3. The van der Waals surface area contributed by atoms with Crippen molar-refractivity contribution in [1.29, 1.82) is 0 Å². The van der Waals surface area contributed by atoms with Crippen LogP contribution >= 0.6 is 11.6 Å². The minimum absolute atomic E-state index is 0.103. The van der Waals surface area contributed by atoms with Crippen molar-refractivity contribution in [2.75, 3.05) is 0 Å². The second kappa shape index (κ2) is 4.86. The molecule has 2 N–H and O–H groups in total. The lowest BCUT2D eigenvalue weighted by Crippen LogP contribution is -2.06. The van der Waals surface area contributed by atoms with Crippen molar-refractivity contribution in [3.05, 3.63) is 58.9 Å². The molecular formula is C14H13ClFN. The smallest absolute Gasteiger partial charge is 0.125 e. The number of benzene rings is 2. The van der Waals surface area contributed by atoms with Crippen LogP contribution in [0.2, 0.25) is 5.02 Å². The molecule has 0 aromatic heterocycles. The number of hydrogen-bond acceptors (Lipinski definition) is 1. The lowest BCUT2D eigenvalue weighted by molar-refractivity contribution is 0.628. The average molecular weight is 250 g/mol. The summed E-state index contributed by atoms with van der Waals surface area (Å²) in [6.07, 6.45) is 0. The van der Waals surface area contributed by atoms with Crippen LogP contribution in [0.5, 0.6) is 0 Å². The molecule has 1 unspecified atom stereocenters. The highest BCUT2D eigenvalue weighted by molar-refractivity contribution is 6.30. The summed E-state index contributed by atoms with van der Waals surface area (Å²) in [4.78, 5) is 0. The first-order chi connectivity index (χ1) is 8.08. The molecular weight excluding hydrogens is 237 g/mol. The van der Waals surface area contributed by atoms with Gasteiger partial charge in [-0.05, 0) is 41.8 Å². The van der Waals surface area contributed by atoms with Crippen molar-refractivity contribution in [3.63, 3.8) is 0 Å². The minimum atomic E-state index is -0.341. The van der Waals surface area contributed by atoms with Gasteiger partial charge in [0.1, 0.15) is 5.82 Å². The van der Waals surface area contributed by atoms with E-state index in [-0.39, 0.29) is 11.9 Å². The van der Waals surface area contributed by atoms with E-state index in [2.05, 4.69) is 0 Å². The molecule has 0 saturated heterocycles. The van der Waals surface area contributed by atoms with Crippen LogP contribution < -0.4 is 5.73 Å². The summed E-state index contributed by atoms with van der Waals surface area (Å²) in [5.74, 6) is -0.341. The second-order valence-electron chi connectivity index (χ2n) is 4.03. The summed E-state index contributed by atoms with van der Waals surface area (Å²) in [7, 11) is 0. The Kier molecular flexibility index (Phi) is 3.46. The molecule has 0 spiro atoms. The van der Waals surface area contributed by atoms with Crippen LogP contribution in [0.15, 0.2) is 42.5 Å². The van der Waals surface area contributed by atoms with Gasteiger partial charge in [0.2, 0.25) is 0 Å². The van der Waals surface area contributed by atoms with Gasteiger partial charge in [-0.25, -0.2) is 4.39 Å². The monoisotopic (exact) mass is 249 g/mol. The molecule has 2 aromatic rings. The Hall–Kier alpha value is -1.38. The van der Waals surface area contributed by atoms with Crippen molar-refractivity contribution in [2.45, 2.75) is 13.0 Å². The fraction of sp³-hybridized carbons (Fsp3) is 0.143. The quantitative estimate of drug-likeness (QED) is 0.850. The van der Waals surface area contributed by atoms with E-state index in [0.29, 0.717) is 5.02 Å². The molecule has 2 aromatic carbocycles. The maximum atomic E-state index is 13.3. The van der Waals surface area contributed by atoms with E-state index in [1.165, 1.54) is 12.1 Å². The number of hydrogen-bond donors (Lipinski definition) is 1.